The van der Waals surface area contributed by atoms with Gasteiger partial charge in [-0.3, -0.25) is 19.2 Å². The molecular formula is C23H33N5O3. The topological polar surface area (TPSA) is 79.7 Å². The number of nitrogens with one attached hydrogen (secondary N) is 1. The molecule has 3 rings (SSSR count). The number of amides is 2. The Labute approximate surface area is 184 Å². The minimum atomic E-state index is -0.268. The van der Waals surface area contributed by atoms with E-state index in [1.165, 1.54) is 0 Å². The van der Waals surface area contributed by atoms with Crippen LogP contribution in [0.4, 0.5) is 5.69 Å². The number of carbonyl (C=O) groups excluding carboxylic acids is 2. The van der Waals surface area contributed by atoms with Gasteiger partial charge in [-0.2, -0.15) is 5.10 Å². The van der Waals surface area contributed by atoms with Crippen LogP contribution >= 0.6 is 0 Å². The van der Waals surface area contributed by atoms with Gasteiger partial charge in [-0.25, -0.2) is 0 Å². The van der Waals surface area contributed by atoms with Gasteiger partial charge in [0.15, 0.2) is 0 Å². The van der Waals surface area contributed by atoms with E-state index in [9.17, 15) is 9.59 Å². The van der Waals surface area contributed by atoms with Crippen LogP contribution in [-0.4, -0.2) is 70.7 Å². The molecule has 8 nitrogen and oxygen atoms in total. The molecule has 31 heavy (non-hydrogen) atoms. The summed E-state index contributed by atoms with van der Waals surface area (Å²) in [5, 5.41) is 7.37. The number of ether oxygens (including phenoxy) is 1. The van der Waals surface area contributed by atoms with Crippen LogP contribution in [0.1, 0.15) is 30.3 Å². The SMILES string of the molecule is COc1ccc(CCC(=O)N2CCN(C(C)C(=O)Nc3c(C)nn(C)c3C)CC2)cc1. The summed E-state index contributed by atoms with van der Waals surface area (Å²) >= 11 is 0. The second-order valence-corrected chi connectivity index (χ2v) is 8.10. The van der Waals surface area contributed by atoms with Gasteiger partial charge in [0, 0.05) is 39.6 Å². The summed E-state index contributed by atoms with van der Waals surface area (Å²) in [4.78, 5) is 29.4. The van der Waals surface area contributed by atoms with Crippen molar-refractivity contribution in [3.8, 4) is 5.75 Å². The number of benzene rings is 1. The molecule has 1 unspecified atom stereocenters. The first-order chi connectivity index (χ1) is 14.8. The molecule has 0 spiro atoms. The second kappa shape index (κ2) is 9.96. The van der Waals surface area contributed by atoms with E-state index >= 15 is 0 Å². The average Bonchev–Trinajstić information content (AvgIpc) is 3.03. The van der Waals surface area contributed by atoms with Gasteiger partial charge in [-0.15, -0.1) is 0 Å². The van der Waals surface area contributed by atoms with Crippen molar-refractivity contribution in [2.45, 2.75) is 39.7 Å². The van der Waals surface area contributed by atoms with Crippen LogP contribution < -0.4 is 10.1 Å². The van der Waals surface area contributed by atoms with Gasteiger partial charge in [0.05, 0.1) is 30.2 Å². The summed E-state index contributed by atoms with van der Waals surface area (Å²) < 4.78 is 6.94. The largest absolute Gasteiger partial charge is 0.497 e. The Hall–Kier alpha value is -2.87. The van der Waals surface area contributed by atoms with E-state index in [1.807, 2.05) is 57.0 Å². The fourth-order valence-corrected chi connectivity index (χ4v) is 3.91. The molecule has 0 radical (unpaired) electrons. The number of aromatic nitrogens is 2. The summed E-state index contributed by atoms with van der Waals surface area (Å²) in [6, 6.07) is 7.56. The monoisotopic (exact) mass is 427 g/mol. The zero-order chi connectivity index (χ0) is 22.5. The van der Waals surface area contributed by atoms with Gasteiger partial charge >= 0.3 is 0 Å². The van der Waals surface area contributed by atoms with Crippen LogP contribution in [0.5, 0.6) is 5.75 Å². The lowest BCUT2D eigenvalue weighted by Crippen LogP contribution is -2.54. The number of anilines is 1. The van der Waals surface area contributed by atoms with Gasteiger partial charge in [-0.05, 0) is 44.9 Å². The first-order valence-electron chi connectivity index (χ1n) is 10.8. The van der Waals surface area contributed by atoms with Crippen molar-refractivity contribution in [2.24, 2.45) is 7.05 Å². The molecule has 2 aromatic rings. The van der Waals surface area contributed by atoms with Gasteiger partial charge in [0.25, 0.3) is 0 Å². The maximum absolute atomic E-state index is 12.8. The van der Waals surface area contributed by atoms with E-state index in [-0.39, 0.29) is 17.9 Å². The Bertz CT molecular complexity index is 914. The van der Waals surface area contributed by atoms with E-state index in [2.05, 4.69) is 15.3 Å². The molecule has 1 aliphatic heterocycles. The molecule has 1 aliphatic rings. The van der Waals surface area contributed by atoms with Crippen molar-refractivity contribution >= 4 is 17.5 Å². The molecular weight excluding hydrogens is 394 g/mol. The molecule has 2 amide bonds. The first kappa shape index (κ1) is 22.8. The molecule has 1 N–H and O–H groups in total. The van der Waals surface area contributed by atoms with E-state index in [4.69, 9.17) is 4.74 Å². The zero-order valence-corrected chi connectivity index (χ0v) is 19.1. The van der Waals surface area contributed by atoms with E-state index in [1.54, 1.807) is 11.8 Å². The Balaban J connectivity index is 1.46. The molecule has 1 aromatic heterocycles. The average molecular weight is 428 g/mol. The summed E-state index contributed by atoms with van der Waals surface area (Å²) in [6.45, 7) is 8.41. The standard InChI is InChI=1S/C23H33N5O3/c1-16-22(17(2)26(4)25-16)24-23(30)18(3)27-12-14-28(15-13-27)21(29)11-8-19-6-9-20(31-5)10-7-19/h6-7,9-10,18H,8,11-15H2,1-5H3,(H,24,30). The third kappa shape index (κ3) is 5.44. The highest BCUT2D eigenvalue weighted by Gasteiger charge is 2.28. The van der Waals surface area contributed by atoms with E-state index < -0.39 is 0 Å². The molecule has 1 atom stereocenters. The highest BCUT2D eigenvalue weighted by atomic mass is 16.5. The number of methoxy groups -OCH3 is 1. The Kier molecular flexibility index (Phi) is 7.33. The maximum atomic E-state index is 12.8. The number of hydrogen-bond donors (Lipinski definition) is 1. The third-order valence-corrected chi connectivity index (χ3v) is 6.14. The van der Waals surface area contributed by atoms with Crippen LogP contribution in [0.15, 0.2) is 24.3 Å². The van der Waals surface area contributed by atoms with Crippen LogP contribution in [-0.2, 0) is 23.1 Å². The number of aryl methyl sites for hydroxylation is 3. The number of rotatable bonds is 7. The first-order valence-corrected chi connectivity index (χ1v) is 10.8. The van der Waals surface area contributed by atoms with Crippen LogP contribution in [0, 0.1) is 13.8 Å². The quantitative estimate of drug-likeness (QED) is 0.733. The summed E-state index contributed by atoms with van der Waals surface area (Å²) in [5.74, 6) is 0.936. The molecule has 1 aromatic carbocycles. The lowest BCUT2D eigenvalue weighted by Gasteiger charge is -2.37. The highest BCUT2D eigenvalue weighted by molar-refractivity contribution is 5.95. The molecule has 1 saturated heterocycles. The minimum Gasteiger partial charge on any atom is -0.497 e. The Morgan fingerprint density at radius 1 is 1.13 bits per heavy atom. The molecule has 168 valence electrons. The van der Waals surface area contributed by atoms with E-state index in [0.717, 1.165) is 28.4 Å². The Morgan fingerprint density at radius 3 is 2.32 bits per heavy atom. The number of piperazine rings is 1. The van der Waals surface area contributed by atoms with Gasteiger partial charge in [-0.1, -0.05) is 12.1 Å². The number of nitrogens with zero attached hydrogens (tertiary/aromatic N) is 4. The molecule has 0 bridgehead atoms. The van der Waals surface area contributed by atoms with Gasteiger partial charge < -0.3 is 15.0 Å². The second-order valence-electron chi connectivity index (χ2n) is 8.10. The van der Waals surface area contributed by atoms with Gasteiger partial charge in [0.1, 0.15) is 5.75 Å². The fraction of sp³-hybridized carbons (Fsp3) is 0.522. The van der Waals surface area contributed by atoms with E-state index in [0.29, 0.717) is 39.0 Å². The van der Waals surface area contributed by atoms with Gasteiger partial charge in [0.2, 0.25) is 11.8 Å². The zero-order valence-electron chi connectivity index (χ0n) is 19.1. The lowest BCUT2D eigenvalue weighted by molar-refractivity contribution is -0.133. The summed E-state index contributed by atoms with van der Waals surface area (Å²) in [6.07, 6.45) is 1.20. The maximum Gasteiger partial charge on any atom is 0.241 e. The number of carbonyl (C=O) groups is 2. The lowest BCUT2D eigenvalue weighted by atomic mass is 10.1. The normalized spacial score (nSPS) is 15.6. The summed E-state index contributed by atoms with van der Waals surface area (Å²) in [5.41, 5.74) is 3.66. The van der Waals surface area contributed by atoms with Crippen LogP contribution in [0.25, 0.3) is 0 Å². The third-order valence-electron chi connectivity index (χ3n) is 6.14. The smallest absolute Gasteiger partial charge is 0.241 e. The predicted octanol–water partition coefficient (Wildman–Crippen LogP) is 2.15. The predicted molar refractivity (Wildman–Crippen MR) is 120 cm³/mol. The van der Waals surface area contributed by atoms with Crippen LogP contribution in [0.3, 0.4) is 0 Å². The highest BCUT2D eigenvalue weighted by Crippen LogP contribution is 2.19. The molecule has 0 aliphatic carbocycles. The summed E-state index contributed by atoms with van der Waals surface area (Å²) in [7, 11) is 3.51. The fourth-order valence-electron chi connectivity index (χ4n) is 3.91. The van der Waals surface area contributed by atoms with Crippen molar-refractivity contribution in [3.63, 3.8) is 0 Å². The van der Waals surface area contributed by atoms with Crippen molar-refractivity contribution in [1.82, 2.24) is 19.6 Å². The van der Waals surface area contributed by atoms with Crippen LogP contribution in [0.2, 0.25) is 0 Å². The Morgan fingerprint density at radius 2 is 1.77 bits per heavy atom. The molecule has 2 heterocycles. The minimum absolute atomic E-state index is 0.0431. The molecule has 1 fully saturated rings. The van der Waals surface area contributed by atoms with Crippen molar-refractivity contribution in [1.29, 1.82) is 0 Å². The van der Waals surface area contributed by atoms with Crippen molar-refractivity contribution < 1.29 is 14.3 Å². The van der Waals surface area contributed by atoms with Crippen molar-refractivity contribution in [2.75, 3.05) is 38.6 Å². The number of hydrogen-bond acceptors (Lipinski definition) is 5. The molecule has 0 saturated carbocycles. The molecule has 8 heteroatoms. The van der Waals surface area contributed by atoms with Crippen molar-refractivity contribution in [3.05, 3.63) is 41.2 Å².